The van der Waals surface area contributed by atoms with Crippen LogP contribution in [0.2, 0.25) is 25.2 Å². The number of nitrogens with zero attached hydrogens (tertiary/aromatic N) is 2. The van der Waals surface area contributed by atoms with Gasteiger partial charge in [0.15, 0.2) is 0 Å². The smallest absolute Gasteiger partial charge is 0.414 e. The van der Waals surface area contributed by atoms with Crippen LogP contribution in [-0.2, 0) is 9.53 Å². The molecule has 0 unspecified atom stereocenters. The molecule has 26 heavy (non-hydrogen) atoms. The van der Waals surface area contributed by atoms with Crippen molar-refractivity contribution >= 4 is 31.3 Å². The van der Waals surface area contributed by atoms with Crippen LogP contribution < -0.4 is 9.80 Å². The minimum absolute atomic E-state index is 0.0719. The van der Waals surface area contributed by atoms with E-state index in [0.29, 0.717) is 30.8 Å². The molecule has 142 valence electrons. The molecule has 3 rings (SSSR count). The molecule has 2 aliphatic rings. The maximum absolute atomic E-state index is 14.7. The molecule has 0 bridgehead atoms. The molecule has 2 heterocycles. The summed E-state index contributed by atoms with van der Waals surface area (Å²) in [5.74, 6) is -0.230. The van der Waals surface area contributed by atoms with Gasteiger partial charge in [-0.2, -0.15) is 0 Å². The van der Waals surface area contributed by atoms with Crippen LogP contribution in [0.3, 0.4) is 0 Å². The fourth-order valence-corrected chi connectivity index (χ4v) is 5.52. The lowest BCUT2D eigenvalue weighted by atomic mass is 10.1. The van der Waals surface area contributed by atoms with E-state index in [4.69, 9.17) is 4.74 Å². The number of rotatable bonds is 5. The first-order chi connectivity index (χ1) is 12.2. The Morgan fingerprint density at radius 3 is 2.62 bits per heavy atom. The van der Waals surface area contributed by atoms with Gasteiger partial charge in [0.05, 0.1) is 26.0 Å². The lowest BCUT2D eigenvalue weighted by molar-refractivity contribution is -0.117. The van der Waals surface area contributed by atoms with Crippen molar-refractivity contribution in [3.63, 3.8) is 0 Å². The first-order valence-corrected chi connectivity index (χ1v) is 12.7. The first-order valence-electron chi connectivity index (χ1n) is 9.27. The third-order valence-corrected chi connectivity index (χ3v) is 8.55. The second kappa shape index (κ2) is 7.38. The van der Waals surface area contributed by atoms with Crippen LogP contribution in [0.5, 0.6) is 0 Å². The Bertz CT molecular complexity index is 700. The normalized spacial score (nSPS) is 22.5. The van der Waals surface area contributed by atoms with E-state index < -0.39 is 14.2 Å². The van der Waals surface area contributed by atoms with Crippen molar-refractivity contribution in [2.24, 2.45) is 0 Å². The predicted molar refractivity (Wildman–Crippen MR) is 103 cm³/mol. The molecule has 0 saturated carbocycles. The molecular weight excluding hydrogens is 351 g/mol. The Morgan fingerprint density at radius 2 is 2.00 bits per heavy atom. The van der Waals surface area contributed by atoms with Gasteiger partial charge in [-0.15, -0.1) is 0 Å². The Labute approximate surface area is 155 Å². The van der Waals surface area contributed by atoms with Gasteiger partial charge >= 0.3 is 6.09 Å². The maximum Gasteiger partial charge on any atom is 0.414 e. The van der Waals surface area contributed by atoms with Crippen molar-refractivity contribution in [1.29, 1.82) is 0 Å². The number of cyclic esters (lactones) is 1. The third-order valence-electron chi connectivity index (χ3n) is 5.39. The van der Waals surface area contributed by atoms with Crippen LogP contribution in [0, 0.1) is 5.82 Å². The van der Waals surface area contributed by atoms with Crippen molar-refractivity contribution in [1.82, 2.24) is 0 Å². The van der Waals surface area contributed by atoms with Crippen molar-refractivity contribution in [2.45, 2.75) is 51.1 Å². The lowest BCUT2D eigenvalue weighted by Crippen LogP contribution is -2.43. The number of carbonyl (C=O) groups excluding carboxylic acids is 2. The van der Waals surface area contributed by atoms with Crippen molar-refractivity contribution in [2.75, 3.05) is 29.4 Å². The monoisotopic (exact) mass is 378 g/mol. The molecule has 0 aromatic heterocycles. The van der Waals surface area contributed by atoms with E-state index >= 15 is 0 Å². The second-order valence-corrected chi connectivity index (χ2v) is 13.5. The summed E-state index contributed by atoms with van der Waals surface area (Å²) in [6.07, 6.45) is 0.0964. The zero-order chi connectivity index (χ0) is 18.9. The predicted octanol–water partition coefficient (Wildman–Crippen LogP) is 4.05. The summed E-state index contributed by atoms with van der Waals surface area (Å²) in [6.45, 7) is 8.43. The lowest BCUT2D eigenvalue weighted by Gasteiger charge is -2.37. The van der Waals surface area contributed by atoms with Gasteiger partial charge in [0.2, 0.25) is 0 Å². The van der Waals surface area contributed by atoms with E-state index in [1.165, 1.54) is 30.0 Å². The molecule has 0 N–H and O–H groups in total. The maximum atomic E-state index is 14.7. The molecule has 1 aromatic rings. The molecule has 7 heteroatoms. The molecule has 1 aromatic carbocycles. The number of Topliss-reactive ketones (excluding diaryl/α,β-unsaturated/α-hetero) is 1. The fraction of sp³-hybridized carbons (Fsp3) is 0.579. The summed E-state index contributed by atoms with van der Waals surface area (Å²) in [5.41, 5.74) is 1.12. The highest BCUT2D eigenvalue weighted by Gasteiger charge is 2.33. The van der Waals surface area contributed by atoms with E-state index in [1.807, 2.05) is 0 Å². The zero-order valence-electron chi connectivity index (χ0n) is 15.8. The minimum Gasteiger partial charge on any atom is -0.444 e. The first kappa shape index (κ1) is 18.9. The summed E-state index contributed by atoms with van der Waals surface area (Å²) in [7, 11) is -1.11. The number of carbonyl (C=O) groups is 2. The summed E-state index contributed by atoms with van der Waals surface area (Å²) in [5, 5.41) is 0. The van der Waals surface area contributed by atoms with Gasteiger partial charge in [0.25, 0.3) is 0 Å². The van der Waals surface area contributed by atoms with Crippen LogP contribution in [0.15, 0.2) is 18.2 Å². The zero-order valence-corrected chi connectivity index (χ0v) is 16.8. The number of hydrogen-bond donors (Lipinski definition) is 0. The summed E-state index contributed by atoms with van der Waals surface area (Å²) < 4.78 is 20.0. The molecule has 1 atom stereocenters. The Kier molecular flexibility index (Phi) is 5.36. The SMILES string of the molecule is CC(=O)CC[C@H]1CN(c2ccc(N3CC[Si](C)(C)CC3)c(F)c2)C(=O)O1. The molecule has 2 saturated heterocycles. The van der Waals surface area contributed by atoms with Crippen LogP contribution in [-0.4, -0.2) is 45.7 Å². The molecule has 5 nitrogen and oxygen atoms in total. The van der Waals surface area contributed by atoms with Crippen LogP contribution in [0.1, 0.15) is 19.8 Å². The van der Waals surface area contributed by atoms with E-state index in [-0.39, 0.29) is 17.7 Å². The highest BCUT2D eigenvalue weighted by atomic mass is 28.3. The summed E-state index contributed by atoms with van der Waals surface area (Å²) >= 11 is 0. The highest BCUT2D eigenvalue weighted by molar-refractivity contribution is 6.77. The number of hydrogen-bond acceptors (Lipinski definition) is 4. The number of halogens is 1. The molecular formula is C19H27FN2O3Si. The molecule has 0 spiro atoms. The van der Waals surface area contributed by atoms with E-state index in [2.05, 4.69) is 18.0 Å². The molecule has 2 aliphatic heterocycles. The van der Waals surface area contributed by atoms with E-state index in [9.17, 15) is 14.0 Å². The molecule has 0 radical (unpaired) electrons. The van der Waals surface area contributed by atoms with Crippen molar-refractivity contribution in [3.8, 4) is 0 Å². The number of amides is 1. The van der Waals surface area contributed by atoms with Crippen molar-refractivity contribution in [3.05, 3.63) is 24.0 Å². The third kappa shape index (κ3) is 4.26. The largest absolute Gasteiger partial charge is 0.444 e. The Balaban J connectivity index is 1.68. The van der Waals surface area contributed by atoms with Gasteiger partial charge in [-0.05, 0) is 43.6 Å². The van der Waals surface area contributed by atoms with Gasteiger partial charge < -0.3 is 14.4 Å². The quantitative estimate of drug-likeness (QED) is 0.726. The molecule has 0 aliphatic carbocycles. The molecule has 1 amide bonds. The van der Waals surface area contributed by atoms with Crippen molar-refractivity contribution < 1.29 is 18.7 Å². The average molecular weight is 379 g/mol. The van der Waals surface area contributed by atoms with Crippen LogP contribution >= 0.6 is 0 Å². The van der Waals surface area contributed by atoms with E-state index in [0.717, 1.165) is 13.1 Å². The number of ketones is 1. The minimum atomic E-state index is -1.11. The molecule has 2 fully saturated rings. The Hall–Kier alpha value is -1.89. The van der Waals surface area contributed by atoms with Gasteiger partial charge in [0, 0.05) is 19.5 Å². The average Bonchev–Trinajstić information content (AvgIpc) is 2.94. The Morgan fingerprint density at radius 1 is 1.31 bits per heavy atom. The number of benzene rings is 1. The number of anilines is 2. The van der Waals surface area contributed by atoms with Gasteiger partial charge in [-0.25, -0.2) is 9.18 Å². The van der Waals surface area contributed by atoms with Crippen LogP contribution in [0.4, 0.5) is 20.6 Å². The topological polar surface area (TPSA) is 49.9 Å². The fourth-order valence-electron chi connectivity index (χ4n) is 3.52. The van der Waals surface area contributed by atoms with Gasteiger partial charge in [0.1, 0.15) is 17.7 Å². The number of ether oxygens (including phenoxy) is 1. The van der Waals surface area contributed by atoms with Crippen LogP contribution in [0.25, 0.3) is 0 Å². The van der Waals surface area contributed by atoms with E-state index in [1.54, 1.807) is 12.1 Å². The van der Waals surface area contributed by atoms with Gasteiger partial charge in [-0.3, -0.25) is 4.90 Å². The summed E-state index contributed by atoms with van der Waals surface area (Å²) in [4.78, 5) is 26.7. The highest BCUT2D eigenvalue weighted by Crippen LogP contribution is 2.32. The second-order valence-electron chi connectivity index (χ2n) is 8.14. The van der Waals surface area contributed by atoms with Gasteiger partial charge in [-0.1, -0.05) is 13.1 Å². The summed E-state index contributed by atoms with van der Waals surface area (Å²) in [6, 6.07) is 7.31. The standard InChI is InChI=1S/C19H27FN2O3Si/c1-14(23)4-6-16-13-22(19(24)25-16)15-5-7-18(17(20)12-15)21-8-10-26(2,3)11-9-21/h5,7,12,16H,4,6,8-11,13H2,1-3H3/t16-/m0/s1.